The van der Waals surface area contributed by atoms with Crippen molar-refractivity contribution in [1.29, 1.82) is 0 Å². The maximum absolute atomic E-state index is 12.5. The van der Waals surface area contributed by atoms with E-state index in [-0.39, 0.29) is 0 Å². The summed E-state index contributed by atoms with van der Waals surface area (Å²) in [5.41, 5.74) is 0.113. The molecule has 130 valence electrons. The number of carbonyl (C=O) groups is 3. The molecule has 2 N–H and O–H groups in total. The molecule has 0 spiro atoms. The molecule has 6 nitrogen and oxygen atoms in total. The minimum Gasteiger partial charge on any atom is -0.345 e. The van der Waals surface area contributed by atoms with Crippen molar-refractivity contribution in [3.05, 3.63) is 35.4 Å². The first kappa shape index (κ1) is 17.8. The van der Waals surface area contributed by atoms with Crippen molar-refractivity contribution in [3.8, 4) is 0 Å². The van der Waals surface area contributed by atoms with E-state index < -0.39 is 42.7 Å². The number of imide groups is 1. The summed E-state index contributed by atoms with van der Waals surface area (Å²) in [6.45, 7) is 1.04. The van der Waals surface area contributed by atoms with Crippen LogP contribution in [0.4, 0.5) is 18.0 Å². The fourth-order valence-electron chi connectivity index (χ4n) is 2.32. The van der Waals surface area contributed by atoms with Gasteiger partial charge in [0.25, 0.3) is 5.91 Å². The molecule has 0 aromatic heterocycles. The molecule has 1 aliphatic rings. The van der Waals surface area contributed by atoms with Gasteiger partial charge in [0, 0.05) is 0 Å². The highest BCUT2D eigenvalue weighted by molar-refractivity contribution is 6.09. The van der Waals surface area contributed by atoms with Crippen LogP contribution in [0.5, 0.6) is 0 Å². The van der Waals surface area contributed by atoms with Crippen molar-refractivity contribution in [3.63, 3.8) is 0 Å². The number of urea groups is 1. The average molecular weight is 343 g/mol. The average Bonchev–Trinajstić information content (AvgIpc) is 2.69. The van der Waals surface area contributed by atoms with E-state index in [1.165, 1.54) is 6.92 Å². The van der Waals surface area contributed by atoms with E-state index in [0.717, 1.165) is 5.56 Å². The van der Waals surface area contributed by atoms with Crippen LogP contribution in [-0.2, 0) is 15.1 Å². The fraction of sp³-hybridized carbons (Fsp3) is 0.400. The number of aryl methyl sites for hydroxylation is 1. The van der Waals surface area contributed by atoms with Crippen molar-refractivity contribution < 1.29 is 27.6 Å². The third-order valence-corrected chi connectivity index (χ3v) is 3.69. The van der Waals surface area contributed by atoms with Crippen LogP contribution in [-0.4, -0.2) is 42.0 Å². The highest BCUT2D eigenvalue weighted by Crippen LogP contribution is 2.28. The lowest BCUT2D eigenvalue weighted by molar-refractivity contribution is -0.141. The monoisotopic (exact) mass is 343 g/mol. The molecule has 1 aromatic carbocycles. The predicted molar refractivity (Wildman–Crippen MR) is 77.8 cm³/mol. The van der Waals surface area contributed by atoms with Crippen molar-refractivity contribution in [2.75, 3.05) is 13.1 Å². The molecule has 1 fully saturated rings. The van der Waals surface area contributed by atoms with Crippen molar-refractivity contribution >= 4 is 17.8 Å². The van der Waals surface area contributed by atoms with Gasteiger partial charge >= 0.3 is 12.2 Å². The Morgan fingerprint density at radius 3 is 2.38 bits per heavy atom. The second-order valence-corrected chi connectivity index (χ2v) is 5.70. The van der Waals surface area contributed by atoms with Crippen LogP contribution in [0.3, 0.4) is 0 Å². The third kappa shape index (κ3) is 3.66. The number of benzene rings is 1. The van der Waals surface area contributed by atoms with Gasteiger partial charge in [0.1, 0.15) is 18.6 Å². The molecule has 0 aliphatic carbocycles. The number of hydrogen-bond acceptors (Lipinski definition) is 3. The minimum absolute atomic E-state index is 0.518. The standard InChI is InChI=1S/C15H16F3N3O3/c1-9-3-5-10(6-4-9)14(2)12(23)21(13(24)20-14)7-11(22)19-8-15(16,17)18/h3-6H,7-8H2,1-2H3,(H,19,22)(H,20,24)/t14-/m1/s1. The first-order valence-corrected chi connectivity index (χ1v) is 7.07. The van der Waals surface area contributed by atoms with Gasteiger partial charge in [-0.2, -0.15) is 13.2 Å². The van der Waals surface area contributed by atoms with Gasteiger partial charge in [-0.1, -0.05) is 29.8 Å². The van der Waals surface area contributed by atoms with E-state index in [9.17, 15) is 27.6 Å². The van der Waals surface area contributed by atoms with Gasteiger partial charge in [-0.3, -0.25) is 14.5 Å². The number of nitrogens with one attached hydrogen (secondary N) is 2. The zero-order chi connectivity index (χ0) is 18.1. The molecular formula is C15H16F3N3O3. The summed E-state index contributed by atoms with van der Waals surface area (Å²) in [4.78, 5) is 36.6. The molecule has 0 radical (unpaired) electrons. The molecule has 2 rings (SSSR count). The second-order valence-electron chi connectivity index (χ2n) is 5.70. The molecule has 1 heterocycles. The highest BCUT2D eigenvalue weighted by Gasteiger charge is 2.49. The Hall–Kier alpha value is -2.58. The molecule has 0 unspecified atom stereocenters. The van der Waals surface area contributed by atoms with E-state index in [1.807, 2.05) is 6.92 Å². The number of rotatable bonds is 4. The largest absolute Gasteiger partial charge is 0.405 e. The van der Waals surface area contributed by atoms with Crippen LogP contribution in [0, 0.1) is 6.92 Å². The van der Waals surface area contributed by atoms with E-state index in [2.05, 4.69) is 5.32 Å². The summed E-state index contributed by atoms with van der Waals surface area (Å²) in [7, 11) is 0. The first-order chi connectivity index (χ1) is 11.0. The van der Waals surface area contributed by atoms with Gasteiger partial charge in [0.05, 0.1) is 0 Å². The smallest absolute Gasteiger partial charge is 0.345 e. The SMILES string of the molecule is Cc1ccc([C@@]2(C)NC(=O)N(CC(=O)NCC(F)(F)F)C2=O)cc1. The zero-order valence-electron chi connectivity index (χ0n) is 13.0. The van der Waals surface area contributed by atoms with Gasteiger partial charge in [-0.15, -0.1) is 0 Å². The Morgan fingerprint density at radius 2 is 1.83 bits per heavy atom. The molecule has 0 bridgehead atoms. The summed E-state index contributed by atoms with van der Waals surface area (Å²) >= 11 is 0. The summed E-state index contributed by atoms with van der Waals surface area (Å²) < 4.78 is 36.3. The third-order valence-electron chi connectivity index (χ3n) is 3.69. The topological polar surface area (TPSA) is 78.5 Å². The number of halogens is 3. The molecule has 9 heteroatoms. The van der Waals surface area contributed by atoms with E-state index in [4.69, 9.17) is 0 Å². The second kappa shape index (κ2) is 6.14. The Kier molecular flexibility index (Phi) is 4.54. The van der Waals surface area contributed by atoms with Gasteiger partial charge in [-0.25, -0.2) is 4.79 Å². The number of carbonyl (C=O) groups excluding carboxylic acids is 3. The zero-order valence-corrected chi connectivity index (χ0v) is 13.0. The molecule has 1 aliphatic heterocycles. The van der Waals surface area contributed by atoms with Crippen LogP contribution in [0.2, 0.25) is 0 Å². The van der Waals surface area contributed by atoms with Crippen LogP contribution < -0.4 is 10.6 Å². The molecule has 1 atom stereocenters. The van der Waals surface area contributed by atoms with Crippen LogP contribution in [0.1, 0.15) is 18.1 Å². The molecule has 4 amide bonds. The van der Waals surface area contributed by atoms with Gasteiger partial charge < -0.3 is 10.6 Å². The Morgan fingerprint density at radius 1 is 1.25 bits per heavy atom. The molecule has 0 saturated carbocycles. The Labute approximate surface area is 136 Å². The number of alkyl halides is 3. The fourth-order valence-corrected chi connectivity index (χ4v) is 2.32. The summed E-state index contributed by atoms with van der Waals surface area (Å²) in [5, 5.41) is 4.11. The Bertz CT molecular complexity index is 673. The lowest BCUT2D eigenvalue weighted by Crippen LogP contribution is -2.44. The first-order valence-electron chi connectivity index (χ1n) is 7.07. The normalized spacial score (nSPS) is 21.0. The minimum atomic E-state index is -4.57. The summed E-state index contributed by atoms with van der Waals surface area (Å²) in [5.74, 6) is -1.76. The van der Waals surface area contributed by atoms with Crippen LogP contribution in [0.25, 0.3) is 0 Å². The quantitative estimate of drug-likeness (QED) is 0.812. The van der Waals surface area contributed by atoms with E-state index in [1.54, 1.807) is 29.6 Å². The summed E-state index contributed by atoms with van der Waals surface area (Å²) in [6.07, 6.45) is -4.57. The molecule has 24 heavy (non-hydrogen) atoms. The number of amides is 4. The maximum Gasteiger partial charge on any atom is 0.405 e. The lowest BCUT2D eigenvalue weighted by atomic mass is 9.91. The van der Waals surface area contributed by atoms with Gasteiger partial charge in [-0.05, 0) is 19.4 Å². The lowest BCUT2D eigenvalue weighted by Gasteiger charge is -2.22. The van der Waals surface area contributed by atoms with Gasteiger partial charge in [0.15, 0.2) is 0 Å². The van der Waals surface area contributed by atoms with Crippen molar-refractivity contribution in [2.45, 2.75) is 25.6 Å². The number of hydrogen-bond donors (Lipinski definition) is 2. The van der Waals surface area contributed by atoms with E-state index in [0.29, 0.717) is 10.5 Å². The van der Waals surface area contributed by atoms with E-state index >= 15 is 0 Å². The van der Waals surface area contributed by atoms with Crippen molar-refractivity contribution in [2.24, 2.45) is 0 Å². The molecular weight excluding hydrogens is 327 g/mol. The van der Waals surface area contributed by atoms with Crippen LogP contribution >= 0.6 is 0 Å². The summed E-state index contributed by atoms with van der Waals surface area (Å²) in [6, 6.07) is 6.03. The maximum atomic E-state index is 12.5. The highest BCUT2D eigenvalue weighted by atomic mass is 19.4. The van der Waals surface area contributed by atoms with Gasteiger partial charge in [0.2, 0.25) is 5.91 Å². The van der Waals surface area contributed by atoms with Crippen molar-refractivity contribution in [1.82, 2.24) is 15.5 Å². The number of nitrogens with zero attached hydrogens (tertiary/aromatic N) is 1. The predicted octanol–water partition coefficient (Wildman–Crippen LogP) is 1.44. The molecule has 1 saturated heterocycles. The molecule has 1 aromatic rings. The Balaban J connectivity index is 2.11. The van der Waals surface area contributed by atoms with Crippen LogP contribution in [0.15, 0.2) is 24.3 Å².